The van der Waals surface area contributed by atoms with Crippen molar-refractivity contribution in [2.45, 2.75) is 64.0 Å². The standard InChI is InChI=1S/C16H29FN4OS/c1-12(2)23-20-7-5-15(6-8-20)19-10-16(22)21(11-13(3)17)14(4)9-18/h12-15,19H,5-8,10-11H2,1-4H3. The molecule has 0 saturated carbocycles. The molecule has 0 bridgehead atoms. The second-order valence-corrected chi connectivity index (χ2v) is 8.04. The number of nitriles is 1. The third-order valence-electron chi connectivity index (χ3n) is 3.78. The van der Waals surface area contributed by atoms with Gasteiger partial charge in [-0.25, -0.2) is 4.39 Å². The number of carbonyl (C=O) groups excluding carboxylic acids is 1. The average molecular weight is 345 g/mol. The van der Waals surface area contributed by atoms with Crippen molar-refractivity contribution in [3.8, 4) is 6.07 Å². The van der Waals surface area contributed by atoms with Crippen LogP contribution in [0.1, 0.15) is 40.5 Å². The summed E-state index contributed by atoms with van der Waals surface area (Å²) in [6.07, 6.45) is 0.867. The Balaban J connectivity index is 2.39. The summed E-state index contributed by atoms with van der Waals surface area (Å²) >= 11 is 1.87. The Morgan fingerprint density at radius 2 is 2.00 bits per heavy atom. The van der Waals surface area contributed by atoms with Crippen LogP contribution in [0.15, 0.2) is 0 Å². The van der Waals surface area contributed by atoms with Crippen LogP contribution in [0.5, 0.6) is 0 Å². The van der Waals surface area contributed by atoms with E-state index < -0.39 is 12.2 Å². The van der Waals surface area contributed by atoms with E-state index in [1.54, 1.807) is 6.92 Å². The van der Waals surface area contributed by atoms with Gasteiger partial charge in [-0.05, 0) is 26.7 Å². The molecular weight excluding hydrogens is 315 g/mol. The maximum Gasteiger partial charge on any atom is 0.237 e. The van der Waals surface area contributed by atoms with E-state index in [0.29, 0.717) is 11.3 Å². The molecule has 2 atom stereocenters. The van der Waals surface area contributed by atoms with E-state index in [1.807, 2.05) is 18.0 Å². The van der Waals surface area contributed by atoms with Gasteiger partial charge in [-0.3, -0.25) is 9.10 Å². The first-order chi connectivity index (χ1) is 10.8. The molecule has 0 radical (unpaired) electrons. The number of piperidine rings is 1. The maximum atomic E-state index is 13.2. The monoisotopic (exact) mass is 344 g/mol. The Morgan fingerprint density at radius 3 is 2.48 bits per heavy atom. The van der Waals surface area contributed by atoms with E-state index in [-0.39, 0.29) is 19.0 Å². The minimum absolute atomic E-state index is 0.0291. The highest BCUT2D eigenvalue weighted by Gasteiger charge is 2.24. The second-order valence-electron chi connectivity index (χ2n) is 6.37. The Hall–Kier alpha value is -0.840. The molecule has 0 spiro atoms. The number of alkyl halides is 1. The van der Waals surface area contributed by atoms with E-state index in [2.05, 4.69) is 23.5 Å². The van der Waals surface area contributed by atoms with Gasteiger partial charge < -0.3 is 10.2 Å². The summed E-state index contributed by atoms with van der Waals surface area (Å²) in [4.78, 5) is 13.6. The molecule has 1 N–H and O–H groups in total. The summed E-state index contributed by atoms with van der Waals surface area (Å²) < 4.78 is 15.6. The fourth-order valence-electron chi connectivity index (χ4n) is 2.61. The molecule has 1 aliphatic heterocycles. The van der Waals surface area contributed by atoms with Crippen molar-refractivity contribution in [1.82, 2.24) is 14.5 Å². The first kappa shape index (κ1) is 20.2. The van der Waals surface area contributed by atoms with Gasteiger partial charge in [0.1, 0.15) is 12.2 Å². The highest BCUT2D eigenvalue weighted by Crippen LogP contribution is 2.22. The molecule has 1 aliphatic rings. The van der Waals surface area contributed by atoms with Crippen LogP contribution >= 0.6 is 11.9 Å². The van der Waals surface area contributed by atoms with E-state index in [1.165, 1.54) is 11.8 Å². The van der Waals surface area contributed by atoms with Gasteiger partial charge in [-0.15, -0.1) is 0 Å². The third-order valence-corrected chi connectivity index (χ3v) is 4.86. The number of nitrogens with zero attached hydrogens (tertiary/aromatic N) is 3. The zero-order chi connectivity index (χ0) is 17.4. The predicted molar refractivity (Wildman–Crippen MR) is 92.7 cm³/mol. The van der Waals surface area contributed by atoms with Crippen LogP contribution in [-0.2, 0) is 4.79 Å². The number of hydrogen-bond donors (Lipinski definition) is 1. The molecule has 0 aromatic carbocycles. The van der Waals surface area contributed by atoms with Crippen molar-refractivity contribution >= 4 is 17.9 Å². The lowest BCUT2D eigenvalue weighted by atomic mass is 10.1. The molecule has 1 saturated heterocycles. The van der Waals surface area contributed by atoms with Crippen LogP contribution in [0.4, 0.5) is 4.39 Å². The van der Waals surface area contributed by atoms with Crippen molar-refractivity contribution in [2.24, 2.45) is 0 Å². The minimum atomic E-state index is -1.13. The van der Waals surface area contributed by atoms with E-state index >= 15 is 0 Å². The zero-order valence-electron chi connectivity index (χ0n) is 14.6. The van der Waals surface area contributed by atoms with Crippen molar-refractivity contribution in [1.29, 1.82) is 5.26 Å². The van der Waals surface area contributed by atoms with Crippen LogP contribution in [0.3, 0.4) is 0 Å². The largest absolute Gasteiger partial charge is 0.323 e. The van der Waals surface area contributed by atoms with Crippen molar-refractivity contribution in [3.05, 3.63) is 0 Å². The third kappa shape index (κ3) is 7.51. The molecule has 23 heavy (non-hydrogen) atoms. The van der Waals surface area contributed by atoms with Crippen molar-refractivity contribution in [3.63, 3.8) is 0 Å². The zero-order valence-corrected chi connectivity index (χ0v) is 15.4. The lowest BCUT2D eigenvalue weighted by Crippen LogP contribution is -2.48. The summed E-state index contributed by atoms with van der Waals surface area (Å²) in [5, 5.41) is 12.8. The maximum absolute atomic E-state index is 13.2. The number of nitrogens with one attached hydrogen (secondary N) is 1. The first-order valence-electron chi connectivity index (χ1n) is 8.31. The SMILES string of the molecule is CC(F)CN(C(=O)CNC1CCN(SC(C)C)CC1)C(C)C#N. The van der Waals surface area contributed by atoms with E-state index in [4.69, 9.17) is 5.26 Å². The van der Waals surface area contributed by atoms with Crippen LogP contribution in [-0.4, -0.2) is 64.8 Å². The number of carbonyl (C=O) groups is 1. The smallest absolute Gasteiger partial charge is 0.237 e. The molecule has 7 heteroatoms. The Morgan fingerprint density at radius 1 is 1.39 bits per heavy atom. The topological polar surface area (TPSA) is 59.4 Å². The summed E-state index contributed by atoms with van der Waals surface area (Å²) in [6.45, 7) is 9.55. The molecule has 0 aliphatic carbocycles. The molecule has 0 aromatic heterocycles. The minimum Gasteiger partial charge on any atom is -0.323 e. The molecule has 1 rings (SSSR count). The van der Waals surface area contributed by atoms with E-state index in [9.17, 15) is 9.18 Å². The summed E-state index contributed by atoms with van der Waals surface area (Å²) in [5.74, 6) is -0.206. The molecule has 5 nitrogen and oxygen atoms in total. The molecule has 1 heterocycles. The highest BCUT2D eigenvalue weighted by molar-refractivity contribution is 7.97. The quantitative estimate of drug-likeness (QED) is 0.684. The number of halogens is 1. The molecule has 0 aromatic rings. The summed E-state index contributed by atoms with van der Waals surface area (Å²) in [5.41, 5.74) is 0. The van der Waals surface area contributed by atoms with E-state index in [0.717, 1.165) is 25.9 Å². The predicted octanol–water partition coefficient (Wildman–Crippen LogP) is 2.20. The van der Waals surface area contributed by atoms with Crippen molar-refractivity contribution in [2.75, 3.05) is 26.2 Å². The lowest BCUT2D eigenvalue weighted by molar-refractivity contribution is -0.132. The van der Waals surface area contributed by atoms with Gasteiger partial charge in [0.15, 0.2) is 0 Å². The number of amides is 1. The highest BCUT2D eigenvalue weighted by atomic mass is 32.2. The van der Waals surface area contributed by atoms with Crippen LogP contribution in [0.2, 0.25) is 0 Å². The van der Waals surface area contributed by atoms with Gasteiger partial charge >= 0.3 is 0 Å². The molecule has 1 fully saturated rings. The van der Waals surface area contributed by atoms with Crippen LogP contribution in [0.25, 0.3) is 0 Å². The lowest BCUT2D eigenvalue weighted by Gasteiger charge is -2.33. The van der Waals surface area contributed by atoms with Gasteiger partial charge in [0.05, 0.1) is 19.2 Å². The fraction of sp³-hybridized carbons (Fsp3) is 0.875. The second kappa shape index (κ2) is 10.1. The Bertz CT molecular complexity index is 405. The van der Waals surface area contributed by atoms with Gasteiger partial charge in [0.25, 0.3) is 0 Å². The first-order valence-corrected chi connectivity index (χ1v) is 9.15. The fourth-order valence-corrected chi connectivity index (χ4v) is 3.63. The van der Waals surface area contributed by atoms with Crippen LogP contribution in [0, 0.1) is 11.3 Å². The number of hydrogen-bond acceptors (Lipinski definition) is 5. The molecular formula is C16H29FN4OS. The Labute approximate surface area is 143 Å². The molecule has 132 valence electrons. The normalized spacial score (nSPS) is 19.3. The Kier molecular flexibility index (Phi) is 8.88. The van der Waals surface area contributed by atoms with Gasteiger partial charge in [0.2, 0.25) is 5.91 Å². The summed E-state index contributed by atoms with van der Waals surface area (Å²) in [6, 6.07) is 1.72. The molecule has 1 amide bonds. The van der Waals surface area contributed by atoms with Crippen LogP contribution < -0.4 is 5.32 Å². The number of rotatable bonds is 8. The molecule has 2 unspecified atom stereocenters. The average Bonchev–Trinajstić information content (AvgIpc) is 2.50. The van der Waals surface area contributed by atoms with Gasteiger partial charge in [0, 0.05) is 24.4 Å². The van der Waals surface area contributed by atoms with Gasteiger partial charge in [-0.1, -0.05) is 25.8 Å². The van der Waals surface area contributed by atoms with Gasteiger partial charge in [-0.2, -0.15) is 5.26 Å². The van der Waals surface area contributed by atoms with Crippen molar-refractivity contribution < 1.29 is 9.18 Å². The summed E-state index contributed by atoms with van der Waals surface area (Å²) in [7, 11) is 0.